The summed E-state index contributed by atoms with van der Waals surface area (Å²) in [5.74, 6) is 1.65. The Morgan fingerprint density at radius 1 is 1.42 bits per heavy atom. The van der Waals surface area contributed by atoms with E-state index in [9.17, 15) is 4.79 Å². The minimum absolute atomic E-state index is 0.0778. The van der Waals surface area contributed by atoms with E-state index in [2.05, 4.69) is 34.0 Å². The van der Waals surface area contributed by atoms with E-state index in [1.165, 1.54) is 11.3 Å². The Morgan fingerprint density at radius 3 is 2.75 bits per heavy atom. The van der Waals surface area contributed by atoms with Crippen molar-refractivity contribution in [3.8, 4) is 0 Å². The van der Waals surface area contributed by atoms with Crippen molar-refractivity contribution in [3.63, 3.8) is 0 Å². The van der Waals surface area contributed by atoms with Crippen LogP contribution in [-0.4, -0.2) is 38.4 Å². The van der Waals surface area contributed by atoms with Gasteiger partial charge in [-0.2, -0.15) is 0 Å². The third kappa shape index (κ3) is 4.02. The lowest BCUT2D eigenvalue weighted by Gasteiger charge is -2.30. The summed E-state index contributed by atoms with van der Waals surface area (Å²) >= 11 is 1.51. The van der Waals surface area contributed by atoms with Crippen molar-refractivity contribution in [3.05, 3.63) is 29.3 Å². The van der Waals surface area contributed by atoms with Crippen LogP contribution in [0.5, 0.6) is 0 Å². The maximum absolute atomic E-state index is 12.4. The molecule has 0 bridgehead atoms. The first-order valence-corrected chi connectivity index (χ1v) is 9.35. The summed E-state index contributed by atoms with van der Waals surface area (Å²) in [5, 5.41) is 5.73. The molecule has 24 heavy (non-hydrogen) atoms. The van der Waals surface area contributed by atoms with Gasteiger partial charge in [0.2, 0.25) is 5.91 Å². The molecule has 0 unspecified atom stereocenters. The molecule has 0 radical (unpaired) electrons. The molecule has 0 spiro atoms. The number of anilines is 1. The predicted molar refractivity (Wildman–Crippen MR) is 96.0 cm³/mol. The third-order valence-electron chi connectivity index (χ3n) is 4.59. The summed E-state index contributed by atoms with van der Waals surface area (Å²) in [6.07, 6.45) is 5.57. The number of nitrogens with one attached hydrogen (secondary N) is 1. The molecule has 1 N–H and O–H groups in total. The van der Waals surface area contributed by atoms with Crippen LogP contribution in [0.15, 0.2) is 17.8 Å². The third-order valence-corrected chi connectivity index (χ3v) is 5.36. The number of thiazole rings is 1. The van der Waals surface area contributed by atoms with Crippen LogP contribution < -0.4 is 5.32 Å². The second kappa shape index (κ2) is 7.44. The van der Waals surface area contributed by atoms with Gasteiger partial charge in [-0.3, -0.25) is 9.69 Å². The predicted octanol–water partition coefficient (Wildman–Crippen LogP) is 2.85. The van der Waals surface area contributed by atoms with E-state index in [0.29, 0.717) is 5.92 Å². The molecule has 2 aromatic rings. The Balaban J connectivity index is 1.48. The molecule has 130 valence electrons. The van der Waals surface area contributed by atoms with Crippen LogP contribution in [0.1, 0.15) is 44.1 Å². The topological polar surface area (TPSA) is 63.1 Å². The molecule has 7 heteroatoms. The lowest BCUT2D eigenvalue weighted by atomic mass is 9.96. The van der Waals surface area contributed by atoms with Crippen molar-refractivity contribution in [1.29, 1.82) is 0 Å². The molecule has 0 atom stereocenters. The molecule has 3 rings (SSSR count). The van der Waals surface area contributed by atoms with Gasteiger partial charge in [0.05, 0.1) is 12.2 Å². The number of aromatic nitrogens is 3. The smallest absolute Gasteiger partial charge is 0.229 e. The Bertz CT molecular complexity index is 685. The summed E-state index contributed by atoms with van der Waals surface area (Å²) in [5.41, 5.74) is 1.04. The number of hydrogen-bond donors (Lipinski definition) is 1. The summed E-state index contributed by atoms with van der Waals surface area (Å²) in [4.78, 5) is 23.7. The van der Waals surface area contributed by atoms with Gasteiger partial charge < -0.3 is 9.88 Å². The van der Waals surface area contributed by atoms with Crippen LogP contribution in [0.3, 0.4) is 0 Å². The average molecular weight is 347 g/mol. The van der Waals surface area contributed by atoms with Crippen molar-refractivity contribution in [2.24, 2.45) is 13.0 Å². The van der Waals surface area contributed by atoms with E-state index in [4.69, 9.17) is 0 Å². The second-order valence-corrected chi connectivity index (χ2v) is 7.58. The Kier molecular flexibility index (Phi) is 5.30. The monoisotopic (exact) mass is 347 g/mol. The van der Waals surface area contributed by atoms with E-state index < -0.39 is 0 Å². The molecule has 1 saturated heterocycles. The number of piperidine rings is 1. The molecule has 0 saturated carbocycles. The minimum atomic E-state index is 0.0778. The zero-order valence-electron chi connectivity index (χ0n) is 14.5. The zero-order valence-corrected chi connectivity index (χ0v) is 15.3. The van der Waals surface area contributed by atoms with Gasteiger partial charge in [0, 0.05) is 30.7 Å². The van der Waals surface area contributed by atoms with Crippen LogP contribution >= 0.6 is 11.3 Å². The van der Waals surface area contributed by atoms with Gasteiger partial charge in [0.1, 0.15) is 5.82 Å². The number of amides is 1. The Labute approximate surface area is 146 Å². The highest BCUT2D eigenvalue weighted by Crippen LogP contribution is 2.24. The number of carbonyl (C=O) groups is 1. The molecule has 0 aliphatic carbocycles. The van der Waals surface area contributed by atoms with Crippen LogP contribution in [-0.2, 0) is 18.4 Å². The normalized spacial score (nSPS) is 16.7. The fourth-order valence-electron chi connectivity index (χ4n) is 2.92. The largest absolute Gasteiger partial charge is 0.337 e. The van der Waals surface area contributed by atoms with Crippen molar-refractivity contribution in [1.82, 2.24) is 19.4 Å². The fourth-order valence-corrected chi connectivity index (χ4v) is 3.79. The summed E-state index contributed by atoms with van der Waals surface area (Å²) in [6, 6.07) is 0. The number of likely N-dealkylation sites (tertiary alicyclic amines) is 1. The van der Waals surface area contributed by atoms with Crippen molar-refractivity contribution >= 4 is 22.4 Å². The summed E-state index contributed by atoms with van der Waals surface area (Å²) in [6.45, 7) is 6.93. The summed E-state index contributed by atoms with van der Waals surface area (Å²) in [7, 11) is 2.02. The van der Waals surface area contributed by atoms with Crippen LogP contribution in [0.2, 0.25) is 0 Å². The molecule has 3 heterocycles. The van der Waals surface area contributed by atoms with Gasteiger partial charge in [-0.1, -0.05) is 13.8 Å². The van der Waals surface area contributed by atoms with E-state index in [0.717, 1.165) is 49.1 Å². The maximum atomic E-state index is 12.4. The van der Waals surface area contributed by atoms with E-state index in [-0.39, 0.29) is 11.8 Å². The number of carbonyl (C=O) groups excluding carboxylic acids is 1. The van der Waals surface area contributed by atoms with Crippen LogP contribution in [0.4, 0.5) is 5.13 Å². The first-order valence-electron chi connectivity index (χ1n) is 8.47. The quantitative estimate of drug-likeness (QED) is 0.903. The number of aryl methyl sites for hydroxylation is 1. The van der Waals surface area contributed by atoms with Crippen molar-refractivity contribution in [2.45, 2.75) is 39.2 Å². The van der Waals surface area contributed by atoms with Crippen molar-refractivity contribution < 1.29 is 4.79 Å². The average Bonchev–Trinajstić information content (AvgIpc) is 3.18. The Morgan fingerprint density at radius 2 is 2.17 bits per heavy atom. The molecule has 1 aliphatic heterocycles. The lowest BCUT2D eigenvalue weighted by molar-refractivity contribution is -0.121. The highest BCUT2D eigenvalue weighted by Gasteiger charge is 2.26. The number of hydrogen-bond acceptors (Lipinski definition) is 5. The molecule has 0 aromatic carbocycles. The molecule has 2 aromatic heterocycles. The fraction of sp³-hybridized carbons (Fsp3) is 0.588. The van der Waals surface area contributed by atoms with Gasteiger partial charge in [0.25, 0.3) is 0 Å². The molecule has 1 fully saturated rings. The second-order valence-electron chi connectivity index (χ2n) is 6.73. The first-order chi connectivity index (χ1) is 11.5. The molecular weight excluding hydrogens is 322 g/mol. The van der Waals surface area contributed by atoms with E-state index >= 15 is 0 Å². The molecule has 1 aliphatic rings. The molecule has 1 amide bonds. The summed E-state index contributed by atoms with van der Waals surface area (Å²) < 4.78 is 2.05. The van der Waals surface area contributed by atoms with E-state index in [1.807, 2.05) is 29.4 Å². The highest BCUT2D eigenvalue weighted by atomic mass is 32.1. The minimum Gasteiger partial charge on any atom is -0.337 e. The maximum Gasteiger partial charge on any atom is 0.229 e. The van der Waals surface area contributed by atoms with Crippen LogP contribution in [0, 0.1) is 5.92 Å². The van der Waals surface area contributed by atoms with E-state index in [1.54, 1.807) is 0 Å². The van der Waals surface area contributed by atoms with Gasteiger partial charge in [0.15, 0.2) is 5.13 Å². The molecular formula is C17H25N5OS. The highest BCUT2D eigenvalue weighted by molar-refractivity contribution is 7.13. The lowest BCUT2D eigenvalue weighted by Crippen LogP contribution is -2.38. The van der Waals surface area contributed by atoms with Crippen molar-refractivity contribution in [2.75, 3.05) is 18.4 Å². The zero-order chi connectivity index (χ0) is 17.1. The number of imidazole rings is 1. The SMILES string of the molecule is CC(C)c1csc(NC(=O)C2CCN(Cc3nccn3C)CC2)n1. The van der Waals surface area contributed by atoms with Gasteiger partial charge in [-0.05, 0) is 31.8 Å². The molecule has 6 nitrogen and oxygen atoms in total. The number of nitrogens with zero attached hydrogens (tertiary/aromatic N) is 4. The van der Waals surface area contributed by atoms with Crippen LogP contribution in [0.25, 0.3) is 0 Å². The van der Waals surface area contributed by atoms with Gasteiger partial charge >= 0.3 is 0 Å². The standard InChI is InChI=1S/C17H25N5OS/c1-12(2)14-11-24-17(19-14)20-16(23)13-4-7-22(8-5-13)10-15-18-6-9-21(15)3/h6,9,11-13H,4-5,7-8,10H2,1-3H3,(H,19,20,23). The number of rotatable bonds is 5. The Hall–Kier alpha value is -1.73. The first kappa shape index (κ1) is 17.1. The van der Waals surface area contributed by atoms with Gasteiger partial charge in [-0.25, -0.2) is 9.97 Å². The van der Waals surface area contributed by atoms with Gasteiger partial charge in [-0.15, -0.1) is 11.3 Å².